The van der Waals surface area contributed by atoms with Crippen molar-refractivity contribution in [3.63, 3.8) is 0 Å². The Balaban J connectivity index is 2.46. The minimum atomic E-state index is 0.0498. The highest BCUT2D eigenvalue weighted by molar-refractivity contribution is 5.77. The van der Waals surface area contributed by atoms with Crippen LogP contribution in [0.1, 0.15) is 16.7 Å². The first-order valence-corrected chi connectivity index (χ1v) is 5.61. The van der Waals surface area contributed by atoms with Gasteiger partial charge in [-0.25, -0.2) is 0 Å². The number of nitrogens with one attached hydrogen (secondary N) is 2. The topological polar surface area (TPSA) is 41.1 Å². The van der Waals surface area contributed by atoms with E-state index in [9.17, 15) is 4.79 Å². The zero-order valence-corrected chi connectivity index (χ0v) is 10.3. The van der Waals surface area contributed by atoms with E-state index >= 15 is 0 Å². The summed E-state index contributed by atoms with van der Waals surface area (Å²) in [4.78, 5) is 11.2. The van der Waals surface area contributed by atoms with Crippen LogP contribution in [0.25, 0.3) is 0 Å². The number of hydrogen-bond donors (Lipinski definition) is 2. The van der Waals surface area contributed by atoms with Crippen LogP contribution < -0.4 is 10.6 Å². The lowest BCUT2D eigenvalue weighted by atomic mass is 10.0. The monoisotopic (exact) mass is 220 g/mol. The van der Waals surface area contributed by atoms with Gasteiger partial charge in [-0.1, -0.05) is 18.2 Å². The maximum Gasteiger partial charge on any atom is 0.233 e. The van der Waals surface area contributed by atoms with E-state index in [2.05, 4.69) is 42.7 Å². The molecule has 3 heteroatoms. The summed E-state index contributed by atoms with van der Waals surface area (Å²) in [6.07, 6.45) is 0.897. The molecule has 1 rings (SSSR count). The third kappa shape index (κ3) is 3.66. The zero-order chi connectivity index (χ0) is 12.0. The van der Waals surface area contributed by atoms with E-state index in [1.54, 1.807) is 7.05 Å². The van der Waals surface area contributed by atoms with Gasteiger partial charge in [0.15, 0.2) is 0 Å². The summed E-state index contributed by atoms with van der Waals surface area (Å²) >= 11 is 0. The van der Waals surface area contributed by atoms with Crippen LogP contribution in [0.15, 0.2) is 18.2 Å². The van der Waals surface area contributed by atoms with E-state index in [0.29, 0.717) is 13.1 Å². The molecule has 0 bridgehead atoms. The summed E-state index contributed by atoms with van der Waals surface area (Å²) in [5.41, 5.74) is 3.93. The van der Waals surface area contributed by atoms with Crippen LogP contribution in [0, 0.1) is 13.8 Å². The maximum absolute atomic E-state index is 11.2. The van der Waals surface area contributed by atoms with E-state index in [4.69, 9.17) is 0 Å². The molecule has 0 aliphatic heterocycles. The van der Waals surface area contributed by atoms with Gasteiger partial charge < -0.3 is 10.6 Å². The molecule has 1 aromatic rings. The Morgan fingerprint density at radius 2 is 1.88 bits per heavy atom. The van der Waals surface area contributed by atoms with Crippen molar-refractivity contribution in [2.24, 2.45) is 0 Å². The summed E-state index contributed by atoms with van der Waals surface area (Å²) in [5.74, 6) is 0.0498. The average molecular weight is 220 g/mol. The first-order chi connectivity index (χ1) is 7.65. The molecule has 0 saturated carbocycles. The lowest BCUT2D eigenvalue weighted by Crippen LogP contribution is -2.33. The van der Waals surface area contributed by atoms with Gasteiger partial charge in [-0.15, -0.1) is 0 Å². The summed E-state index contributed by atoms with van der Waals surface area (Å²) in [5, 5.41) is 5.71. The maximum atomic E-state index is 11.2. The molecule has 0 fully saturated rings. The van der Waals surface area contributed by atoms with Crippen molar-refractivity contribution in [2.75, 3.05) is 20.1 Å². The standard InChI is InChI=1S/C13H20N2O/c1-10-5-4-6-11(2)12(10)7-8-15-13(16)9-14-3/h4-6,14H,7-9H2,1-3H3,(H,15,16). The fourth-order valence-corrected chi connectivity index (χ4v) is 1.79. The second-order valence-corrected chi connectivity index (χ2v) is 4.00. The molecule has 88 valence electrons. The van der Waals surface area contributed by atoms with Crippen molar-refractivity contribution in [1.29, 1.82) is 0 Å². The van der Waals surface area contributed by atoms with Crippen LogP contribution in [0.3, 0.4) is 0 Å². The molecule has 0 heterocycles. The molecule has 0 aromatic heterocycles. The first-order valence-electron chi connectivity index (χ1n) is 5.61. The van der Waals surface area contributed by atoms with Gasteiger partial charge in [0.2, 0.25) is 5.91 Å². The van der Waals surface area contributed by atoms with E-state index in [0.717, 1.165) is 6.42 Å². The van der Waals surface area contributed by atoms with Crippen molar-refractivity contribution in [3.05, 3.63) is 34.9 Å². The van der Waals surface area contributed by atoms with Crippen LogP contribution in [-0.4, -0.2) is 26.0 Å². The predicted molar refractivity (Wildman–Crippen MR) is 66.6 cm³/mol. The van der Waals surface area contributed by atoms with Crippen molar-refractivity contribution in [3.8, 4) is 0 Å². The quantitative estimate of drug-likeness (QED) is 0.782. The van der Waals surface area contributed by atoms with Crippen LogP contribution in [-0.2, 0) is 11.2 Å². The van der Waals surface area contributed by atoms with Gasteiger partial charge in [-0.2, -0.15) is 0 Å². The fourth-order valence-electron chi connectivity index (χ4n) is 1.79. The molecule has 0 spiro atoms. The van der Waals surface area contributed by atoms with Gasteiger partial charge in [-0.3, -0.25) is 4.79 Å². The second-order valence-electron chi connectivity index (χ2n) is 4.00. The molecular weight excluding hydrogens is 200 g/mol. The molecule has 0 saturated heterocycles. The molecular formula is C13H20N2O. The van der Waals surface area contributed by atoms with Gasteiger partial charge in [0, 0.05) is 6.54 Å². The van der Waals surface area contributed by atoms with Crippen LogP contribution >= 0.6 is 0 Å². The Hall–Kier alpha value is -1.35. The lowest BCUT2D eigenvalue weighted by molar-refractivity contribution is -0.120. The number of likely N-dealkylation sites (N-methyl/N-ethyl adjacent to an activating group) is 1. The minimum absolute atomic E-state index is 0.0498. The highest BCUT2D eigenvalue weighted by Crippen LogP contribution is 2.13. The lowest BCUT2D eigenvalue weighted by Gasteiger charge is -2.10. The SMILES string of the molecule is CNCC(=O)NCCc1c(C)cccc1C. The van der Waals surface area contributed by atoms with Gasteiger partial charge in [0.1, 0.15) is 0 Å². The summed E-state index contributed by atoms with van der Waals surface area (Å²) in [6.45, 7) is 5.30. The van der Waals surface area contributed by atoms with Crippen molar-refractivity contribution >= 4 is 5.91 Å². The van der Waals surface area contributed by atoms with Crippen molar-refractivity contribution < 1.29 is 4.79 Å². The number of aryl methyl sites for hydroxylation is 2. The number of benzene rings is 1. The molecule has 0 radical (unpaired) electrons. The van der Waals surface area contributed by atoms with Gasteiger partial charge in [-0.05, 0) is 44.0 Å². The highest BCUT2D eigenvalue weighted by Gasteiger charge is 2.03. The third-order valence-electron chi connectivity index (χ3n) is 2.68. The Labute approximate surface area is 97.2 Å². The molecule has 3 nitrogen and oxygen atoms in total. The van der Waals surface area contributed by atoms with Crippen molar-refractivity contribution in [2.45, 2.75) is 20.3 Å². The van der Waals surface area contributed by atoms with Gasteiger partial charge >= 0.3 is 0 Å². The molecule has 0 aliphatic rings. The Morgan fingerprint density at radius 1 is 1.25 bits per heavy atom. The summed E-state index contributed by atoms with van der Waals surface area (Å²) in [7, 11) is 1.77. The normalized spacial score (nSPS) is 10.2. The number of rotatable bonds is 5. The Kier molecular flexibility index (Phi) is 4.99. The van der Waals surface area contributed by atoms with E-state index < -0.39 is 0 Å². The van der Waals surface area contributed by atoms with E-state index in [-0.39, 0.29) is 5.91 Å². The molecule has 16 heavy (non-hydrogen) atoms. The Morgan fingerprint density at radius 3 is 2.44 bits per heavy atom. The smallest absolute Gasteiger partial charge is 0.233 e. The number of carbonyl (C=O) groups excluding carboxylic acids is 1. The van der Waals surface area contributed by atoms with E-state index in [1.807, 2.05) is 0 Å². The second kappa shape index (κ2) is 6.28. The number of amides is 1. The van der Waals surface area contributed by atoms with Gasteiger partial charge in [0.25, 0.3) is 0 Å². The van der Waals surface area contributed by atoms with Crippen LogP contribution in [0.2, 0.25) is 0 Å². The minimum Gasteiger partial charge on any atom is -0.355 e. The number of carbonyl (C=O) groups is 1. The van der Waals surface area contributed by atoms with Crippen LogP contribution in [0.4, 0.5) is 0 Å². The molecule has 0 unspecified atom stereocenters. The van der Waals surface area contributed by atoms with E-state index in [1.165, 1.54) is 16.7 Å². The Bertz CT molecular complexity index is 341. The fraction of sp³-hybridized carbons (Fsp3) is 0.462. The van der Waals surface area contributed by atoms with Gasteiger partial charge in [0.05, 0.1) is 6.54 Å². The van der Waals surface area contributed by atoms with Crippen LogP contribution in [0.5, 0.6) is 0 Å². The largest absolute Gasteiger partial charge is 0.355 e. The molecule has 1 amide bonds. The molecule has 0 aliphatic carbocycles. The summed E-state index contributed by atoms with van der Waals surface area (Å²) < 4.78 is 0. The molecule has 1 aromatic carbocycles. The predicted octanol–water partition coefficient (Wildman–Crippen LogP) is 1.18. The highest BCUT2D eigenvalue weighted by atomic mass is 16.1. The summed E-state index contributed by atoms with van der Waals surface area (Å²) in [6, 6.07) is 6.28. The number of hydrogen-bond acceptors (Lipinski definition) is 2. The zero-order valence-electron chi connectivity index (χ0n) is 10.3. The third-order valence-corrected chi connectivity index (χ3v) is 2.68. The molecule has 2 N–H and O–H groups in total. The average Bonchev–Trinajstić information content (AvgIpc) is 2.23. The first kappa shape index (κ1) is 12.7. The molecule has 0 atom stereocenters. The van der Waals surface area contributed by atoms with Crippen molar-refractivity contribution in [1.82, 2.24) is 10.6 Å².